The van der Waals surface area contributed by atoms with Crippen LogP contribution in [-0.4, -0.2) is 64.9 Å². The molecular formula is H2Br2PbSr. The molecule has 4 heavy (non-hydrogen) atoms. The van der Waals surface area contributed by atoms with Gasteiger partial charge in [-0.3, -0.25) is 0 Å². The first-order valence-corrected chi connectivity index (χ1v) is 17.2. The van der Waals surface area contributed by atoms with Crippen LogP contribution in [0.3, 0.4) is 0 Å². The molecule has 0 saturated carbocycles. The molecule has 0 bridgehead atoms. The van der Waals surface area contributed by atoms with Crippen molar-refractivity contribution in [2.75, 3.05) is 0 Å². The minimum atomic E-state index is -0.292. The average molecular weight is 457 g/mol. The van der Waals surface area contributed by atoms with E-state index in [-0.39, 0.29) is 67.8 Å². The van der Waals surface area contributed by atoms with Gasteiger partial charge in [-0.2, -0.15) is 0 Å². The Bertz CT molecular complexity index is 11.5. The molecule has 0 aliphatic heterocycles. The molecule has 4 heteroatoms. The van der Waals surface area contributed by atoms with Crippen molar-refractivity contribution in [1.82, 2.24) is 0 Å². The summed E-state index contributed by atoms with van der Waals surface area (Å²) in [6.07, 6.45) is 0. The Morgan fingerprint density at radius 2 is 1.50 bits per heavy atom. The van der Waals surface area contributed by atoms with Crippen molar-refractivity contribution in [3.8, 4) is 0 Å². The molecule has 0 rings (SSSR count). The van der Waals surface area contributed by atoms with Crippen LogP contribution in [-0.2, 0) is 0 Å². The predicted molar refractivity (Wildman–Crippen MR) is 31.6 cm³/mol. The fraction of sp³-hybridized carbons (Fsp3) is 0. The van der Waals surface area contributed by atoms with Crippen molar-refractivity contribution in [3.63, 3.8) is 0 Å². The van der Waals surface area contributed by atoms with Crippen molar-refractivity contribution in [2.45, 2.75) is 0 Å². The van der Waals surface area contributed by atoms with Crippen LogP contribution < -0.4 is 0 Å². The molecule has 0 saturated heterocycles. The molecule has 0 amide bonds. The minimum absolute atomic E-state index is 0. The quantitative estimate of drug-likeness (QED) is 0.480. The number of hydrogen-bond acceptors (Lipinski definition) is 0. The molecule has 0 fully saturated rings. The second-order valence-corrected chi connectivity index (χ2v) is 16.9. The van der Waals surface area contributed by atoms with E-state index in [0.717, 1.165) is 0 Å². The van der Waals surface area contributed by atoms with Crippen LogP contribution in [0, 0.1) is 0 Å². The molecule has 2 radical (unpaired) electrons. The zero-order valence-corrected chi connectivity index (χ0v) is 12.5. The molecule has 0 aromatic heterocycles. The van der Waals surface area contributed by atoms with Crippen LogP contribution >= 0.6 is 24.0 Å². The van der Waals surface area contributed by atoms with Gasteiger partial charge in [0.25, 0.3) is 0 Å². The number of halogens is 2. The van der Waals surface area contributed by atoms with E-state index in [1.165, 1.54) is 0 Å². The predicted octanol–water partition coefficient (Wildman–Crippen LogP) is 1.15. The van der Waals surface area contributed by atoms with Crippen LogP contribution in [0.1, 0.15) is 2.85 Å². The van der Waals surface area contributed by atoms with E-state index in [1.54, 1.807) is 0 Å². The average Bonchev–Trinajstić information content (AvgIpc) is 0.918. The molecule has 0 nitrogen and oxygen atoms in total. The van der Waals surface area contributed by atoms with E-state index < -0.39 is 0 Å². The normalized spacial score (nSPS) is 4.50. The van der Waals surface area contributed by atoms with Gasteiger partial charge in [-0.1, -0.05) is 0 Å². The summed E-state index contributed by atoms with van der Waals surface area (Å²) in [6.45, 7) is 0. The Hall–Kier alpha value is 3.36. The second kappa shape index (κ2) is 9.61. The largest absolute Gasteiger partial charge is 2.00 e. The fourth-order valence-electron chi connectivity index (χ4n) is 0. The SMILES string of the molecule is [Br][Pb][Br].[H-].[H-].[Sr+2]. The maximum atomic E-state index is 3.26. The molecule has 0 heterocycles. The summed E-state index contributed by atoms with van der Waals surface area (Å²) < 4.78 is 0. The third kappa shape index (κ3) is 9.03. The maximum Gasteiger partial charge on any atom is 2.00 e. The topological polar surface area (TPSA) is 0 Å². The molecule has 0 atom stereocenters. The molecule has 0 unspecified atom stereocenters. The summed E-state index contributed by atoms with van der Waals surface area (Å²) >= 11 is 6.22. The van der Waals surface area contributed by atoms with Gasteiger partial charge in [0.05, 0.1) is 0 Å². The minimum Gasteiger partial charge on any atom is -1.00 e. The zero-order chi connectivity index (χ0) is 2.71. The van der Waals surface area contributed by atoms with E-state index >= 15 is 0 Å². The van der Waals surface area contributed by atoms with Crippen LogP contribution in [0.15, 0.2) is 0 Å². The first-order valence-electron chi connectivity index (χ1n) is 0.378. The van der Waals surface area contributed by atoms with Crippen LogP contribution in [0.25, 0.3) is 0 Å². The van der Waals surface area contributed by atoms with Gasteiger partial charge >= 0.3 is 88.9 Å². The first kappa shape index (κ1) is 10.4. The van der Waals surface area contributed by atoms with Crippen molar-refractivity contribution in [1.29, 1.82) is 0 Å². The molecule has 0 aliphatic carbocycles. The van der Waals surface area contributed by atoms with E-state index in [9.17, 15) is 0 Å². The third-order valence-electron chi connectivity index (χ3n) is 0. The molecule has 0 aliphatic rings. The third-order valence-corrected chi connectivity index (χ3v) is 0. The monoisotopic (exact) mass is 456 g/mol. The smallest absolute Gasteiger partial charge is 1.00 e. The fourth-order valence-corrected chi connectivity index (χ4v) is 0. The Morgan fingerprint density at radius 3 is 1.50 bits per heavy atom. The zero-order valence-electron chi connectivity index (χ0n) is 3.96. The van der Waals surface area contributed by atoms with Gasteiger partial charge in [-0.25, -0.2) is 0 Å². The van der Waals surface area contributed by atoms with Crippen molar-refractivity contribution in [2.24, 2.45) is 0 Å². The van der Waals surface area contributed by atoms with Crippen LogP contribution in [0.4, 0.5) is 0 Å². The first-order chi connectivity index (χ1) is 1.41. The number of hydrogen-bond donors (Lipinski definition) is 0. The molecule has 0 N–H and O–H groups in total. The van der Waals surface area contributed by atoms with Gasteiger partial charge < -0.3 is 2.85 Å². The van der Waals surface area contributed by atoms with Gasteiger partial charge in [-0.15, -0.1) is 0 Å². The summed E-state index contributed by atoms with van der Waals surface area (Å²) in [5.41, 5.74) is 0. The standard InChI is InChI=1S/2BrH.Pb.Sr.2H/h2*1H;;;;/q;;2*+2;2*-1/p-2. The van der Waals surface area contributed by atoms with Gasteiger partial charge in [-0.05, 0) is 0 Å². The van der Waals surface area contributed by atoms with Crippen molar-refractivity contribution >= 4 is 88.9 Å². The van der Waals surface area contributed by atoms with Crippen LogP contribution in [0.2, 0.25) is 0 Å². The Labute approximate surface area is 89.2 Å². The maximum absolute atomic E-state index is 3.26. The summed E-state index contributed by atoms with van der Waals surface area (Å²) in [5, 5.41) is 0. The van der Waals surface area contributed by atoms with Crippen LogP contribution in [0.5, 0.6) is 0 Å². The summed E-state index contributed by atoms with van der Waals surface area (Å²) in [7, 11) is 0. The second-order valence-electron chi connectivity index (χ2n) is 0.0714. The van der Waals surface area contributed by atoms with E-state index in [0.29, 0.717) is 0 Å². The van der Waals surface area contributed by atoms with E-state index in [2.05, 4.69) is 24.0 Å². The Kier molecular flexibility index (Phi) is 24.9. The Balaban J connectivity index is -0.00000000667. The van der Waals surface area contributed by atoms with Gasteiger partial charge in [0.1, 0.15) is 0 Å². The summed E-state index contributed by atoms with van der Waals surface area (Å²) in [6, 6.07) is 0. The molecule has 0 spiro atoms. The van der Waals surface area contributed by atoms with Gasteiger partial charge in [0.2, 0.25) is 0 Å². The molecule has 0 aromatic carbocycles. The number of rotatable bonds is 0. The molecular weight excluding hydrogens is 455 g/mol. The van der Waals surface area contributed by atoms with Crippen molar-refractivity contribution < 1.29 is 2.85 Å². The van der Waals surface area contributed by atoms with Gasteiger partial charge in [0.15, 0.2) is 0 Å². The van der Waals surface area contributed by atoms with Gasteiger partial charge in [0, 0.05) is 0 Å². The van der Waals surface area contributed by atoms with E-state index in [1.807, 2.05) is 0 Å². The molecule has 0 aromatic rings. The Morgan fingerprint density at radius 1 is 1.50 bits per heavy atom. The molecule has 22 valence electrons. The van der Waals surface area contributed by atoms with Crippen molar-refractivity contribution in [3.05, 3.63) is 0 Å². The summed E-state index contributed by atoms with van der Waals surface area (Å²) in [5.74, 6) is 0. The van der Waals surface area contributed by atoms with E-state index in [4.69, 9.17) is 0 Å². The summed E-state index contributed by atoms with van der Waals surface area (Å²) in [4.78, 5) is 0.